The second kappa shape index (κ2) is 4.76. The Morgan fingerprint density at radius 2 is 2.29 bits per heavy atom. The lowest BCUT2D eigenvalue weighted by Gasteiger charge is -2.02. The molecule has 1 N–H and O–H groups in total. The molecular weight excluding hydrogens is 184 g/mol. The van der Waals surface area contributed by atoms with Gasteiger partial charge in [-0.15, -0.1) is 0 Å². The summed E-state index contributed by atoms with van der Waals surface area (Å²) in [6.45, 7) is 4.20. The maximum atomic E-state index is 11.5. The highest BCUT2D eigenvalue weighted by molar-refractivity contribution is 5.91. The summed E-state index contributed by atoms with van der Waals surface area (Å²) in [5.41, 5.74) is 1.77. The van der Waals surface area contributed by atoms with Gasteiger partial charge in [-0.1, -0.05) is 0 Å². The predicted octanol–water partition coefficient (Wildman–Crippen LogP) is 1.04. The standard InChI is InChI=1S/C9H14N2O3/c1-4-14-9(12)8-6(2)10-11-7(8)5-13-3/h4-5H2,1-3H3,(H,10,11). The molecule has 14 heavy (non-hydrogen) atoms. The Morgan fingerprint density at radius 3 is 2.86 bits per heavy atom. The quantitative estimate of drug-likeness (QED) is 0.734. The number of hydrogen-bond donors (Lipinski definition) is 1. The van der Waals surface area contributed by atoms with Crippen LogP contribution in [0.1, 0.15) is 28.7 Å². The molecule has 0 aliphatic heterocycles. The fourth-order valence-electron chi connectivity index (χ4n) is 1.19. The minimum Gasteiger partial charge on any atom is -0.462 e. The molecule has 0 unspecified atom stereocenters. The molecule has 0 spiro atoms. The number of carbonyl (C=O) groups is 1. The molecule has 78 valence electrons. The lowest BCUT2D eigenvalue weighted by atomic mass is 10.2. The number of esters is 1. The summed E-state index contributed by atoms with van der Waals surface area (Å²) in [6, 6.07) is 0. The van der Waals surface area contributed by atoms with Crippen LogP contribution >= 0.6 is 0 Å². The van der Waals surface area contributed by atoms with Crippen molar-refractivity contribution in [1.29, 1.82) is 0 Å². The van der Waals surface area contributed by atoms with Crippen molar-refractivity contribution in [2.45, 2.75) is 20.5 Å². The number of aryl methyl sites for hydroxylation is 1. The van der Waals surface area contributed by atoms with E-state index in [0.29, 0.717) is 30.2 Å². The number of nitrogens with one attached hydrogen (secondary N) is 1. The molecule has 1 aromatic heterocycles. The summed E-state index contributed by atoms with van der Waals surface area (Å²) in [5, 5.41) is 6.69. The highest BCUT2D eigenvalue weighted by atomic mass is 16.5. The Morgan fingerprint density at radius 1 is 1.57 bits per heavy atom. The number of H-pyrrole nitrogens is 1. The first-order valence-corrected chi connectivity index (χ1v) is 4.40. The fraction of sp³-hybridized carbons (Fsp3) is 0.556. The fourth-order valence-corrected chi connectivity index (χ4v) is 1.19. The van der Waals surface area contributed by atoms with E-state index in [1.807, 2.05) is 0 Å². The van der Waals surface area contributed by atoms with E-state index in [4.69, 9.17) is 9.47 Å². The molecule has 1 rings (SSSR count). The van der Waals surface area contributed by atoms with Gasteiger partial charge in [-0.2, -0.15) is 5.10 Å². The number of aromatic nitrogens is 2. The van der Waals surface area contributed by atoms with Gasteiger partial charge < -0.3 is 9.47 Å². The molecule has 0 aromatic carbocycles. The molecule has 0 saturated heterocycles. The second-order valence-corrected chi connectivity index (χ2v) is 2.82. The van der Waals surface area contributed by atoms with E-state index in [1.54, 1.807) is 21.0 Å². The molecule has 1 aromatic rings. The van der Waals surface area contributed by atoms with Crippen LogP contribution < -0.4 is 0 Å². The average Bonchev–Trinajstić information content (AvgIpc) is 2.48. The molecule has 0 aliphatic rings. The minimum atomic E-state index is -0.356. The lowest BCUT2D eigenvalue weighted by Crippen LogP contribution is -2.08. The monoisotopic (exact) mass is 198 g/mol. The molecule has 5 heteroatoms. The van der Waals surface area contributed by atoms with Crippen LogP contribution in [-0.4, -0.2) is 29.9 Å². The topological polar surface area (TPSA) is 64.2 Å². The third-order valence-electron chi connectivity index (χ3n) is 1.78. The lowest BCUT2D eigenvalue weighted by molar-refractivity contribution is 0.0520. The molecule has 0 saturated carbocycles. The third kappa shape index (κ3) is 2.11. The Balaban J connectivity index is 2.92. The Bertz CT molecular complexity index is 320. The highest BCUT2D eigenvalue weighted by Gasteiger charge is 2.18. The number of aromatic amines is 1. The van der Waals surface area contributed by atoms with Crippen LogP contribution in [-0.2, 0) is 16.1 Å². The summed E-state index contributed by atoms with van der Waals surface area (Å²) in [6.07, 6.45) is 0. The SMILES string of the molecule is CCOC(=O)c1c(COC)n[nH]c1C. The van der Waals surface area contributed by atoms with Crippen LogP contribution in [0.15, 0.2) is 0 Å². The van der Waals surface area contributed by atoms with Crippen molar-refractivity contribution in [2.24, 2.45) is 0 Å². The largest absolute Gasteiger partial charge is 0.462 e. The van der Waals surface area contributed by atoms with Crippen LogP contribution in [0.2, 0.25) is 0 Å². The number of nitrogens with zero attached hydrogens (tertiary/aromatic N) is 1. The first-order chi connectivity index (χ1) is 6.70. The Hall–Kier alpha value is -1.36. The summed E-state index contributed by atoms with van der Waals surface area (Å²) in [7, 11) is 1.55. The normalized spacial score (nSPS) is 10.2. The first-order valence-electron chi connectivity index (χ1n) is 4.40. The van der Waals surface area contributed by atoms with E-state index < -0.39 is 0 Å². The summed E-state index contributed by atoms with van der Waals surface area (Å²) >= 11 is 0. The van der Waals surface area contributed by atoms with Gasteiger partial charge in [0.1, 0.15) is 11.3 Å². The van der Waals surface area contributed by atoms with Crippen molar-refractivity contribution in [1.82, 2.24) is 10.2 Å². The number of rotatable bonds is 4. The highest BCUT2D eigenvalue weighted by Crippen LogP contribution is 2.12. The number of hydrogen-bond acceptors (Lipinski definition) is 4. The number of ether oxygens (including phenoxy) is 2. The van der Waals surface area contributed by atoms with Gasteiger partial charge in [0, 0.05) is 12.8 Å². The number of methoxy groups -OCH3 is 1. The molecule has 0 aliphatic carbocycles. The minimum absolute atomic E-state index is 0.304. The second-order valence-electron chi connectivity index (χ2n) is 2.82. The molecule has 5 nitrogen and oxygen atoms in total. The van der Waals surface area contributed by atoms with E-state index >= 15 is 0 Å². The van der Waals surface area contributed by atoms with Crippen molar-refractivity contribution >= 4 is 5.97 Å². The molecule has 0 atom stereocenters. The first kappa shape index (κ1) is 10.7. The van der Waals surface area contributed by atoms with Crippen molar-refractivity contribution in [2.75, 3.05) is 13.7 Å². The van der Waals surface area contributed by atoms with Crippen LogP contribution in [0.4, 0.5) is 0 Å². The zero-order valence-corrected chi connectivity index (χ0v) is 8.59. The molecule has 0 bridgehead atoms. The van der Waals surface area contributed by atoms with Crippen molar-refractivity contribution in [3.8, 4) is 0 Å². The smallest absolute Gasteiger partial charge is 0.341 e. The van der Waals surface area contributed by atoms with Crippen molar-refractivity contribution in [3.63, 3.8) is 0 Å². The maximum absolute atomic E-state index is 11.5. The van der Waals surface area contributed by atoms with Gasteiger partial charge in [0.25, 0.3) is 0 Å². The molecule has 0 fully saturated rings. The van der Waals surface area contributed by atoms with E-state index in [9.17, 15) is 4.79 Å². The Kier molecular flexibility index (Phi) is 3.64. The van der Waals surface area contributed by atoms with Crippen molar-refractivity contribution in [3.05, 3.63) is 17.0 Å². The van der Waals surface area contributed by atoms with E-state index in [1.165, 1.54) is 0 Å². The van der Waals surface area contributed by atoms with Gasteiger partial charge in [0.05, 0.1) is 13.2 Å². The van der Waals surface area contributed by atoms with Crippen molar-refractivity contribution < 1.29 is 14.3 Å². The molecule has 0 amide bonds. The average molecular weight is 198 g/mol. The van der Waals surface area contributed by atoms with Gasteiger partial charge in [0.15, 0.2) is 0 Å². The summed E-state index contributed by atoms with van der Waals surface area (Å²) < 4.78 is 9.82. The zero-order valence-electron chi connectivity index (χ0n) is 8.59. The van der Waals surface area contributed by atoms with Crippen LogP contribution in [0, 0.1) is 6.92 Å². The van der Waals surface area contributed by atoms with E-state index in [-0.39, 0.29) is 5.97 Å². The van der Waals surface area contributed by atoms with E-state index in [2.05, 4.69) is 10.2 Å². The zero-order chi connectivity index (χ0) is 10.6. The Labute approximate surface area is 82.4 Å². The molecule has 0 radical (unpaired) electrons. The van der Waals surface area contributed by atoms with Crippen LogP contribution in [0.25, 0.3) is 0 Å². The van der Waals surface area contributed by atoms with E-state index in [0.717, 1.165) is 0 Å². The van der Waals surface area contributed by atoms with Gasteiger partial charge in [-0.25, -0.2) is 4.79 Å². The number of carbonyl (C=O) groups excluding carboxylic acids is 1. The van der Waals surface area contributed by atoms with Gasteiger partial charge in [0.2, 0.25) is 0 Å². The van der Waals surface area contributed by atoms with Crippen LogP contribution in [0.3, 0.4) is 0 Å². The maximum Gasteiger partial charge on any atom is 0.341 e. The van der Waals surface area contributed by atoms with Gasteiger partial charge in [-0.3, -0.25) is 5.10 Å². The molecule has 1 heterocycles. The van der Waals surface area contributed by atoms with Gasteiger partial charge in [-0.05, 0) is 13.8 Å². The van der Waals surface area contributed by atoms with Crippen LogP contribution in [0.5, 0.6) is 0 Å². The molecular formula is C9H14N2O3. The third-order valence-corrected chi connectivity index (χ3v) is 1.78. The predicted molar refractivity (Wildman–Crippen MR) is 50.0 cm³/mol. The summed E-state index contributed by atoms with van der Waals surface area (Å²) in [5.74, 6) is -0.356. The summed E-state index contributed by atoms with van der Waals surface area (Å²) in [4.78, 5) is 11.5. The van der Waals surface area contributed by atoms with Gasteiger partial charge >= 0.3 is 5.97 Å².